The third-order valence-electron chi connectivity index (χ3n) is 4.30. The second kappa shape index (κ2) is 7.16. The second-order valence-corrected chi connectivity index (χ2v) is 8.03. The number of hydrogen-bond acceptors (Lipinski definition) is 5. The summed E-state index contributed by atoms with van der Waals surface area (Å²) in [5.74, 6) is -0.567. The number of benzene rings is 1. The van der Waals surface area contributed by atoms with E-state index >= 15 is 0 Å². The molecular weight excluding hydrogens is 361 g/mol. The SMILES string of the molecule is Cc1nn(C(=O)COc2ccc(F)cc2)c(C)c1S(=O)(=O)N1CCCC1. The van der Waals surface area contributed by atoms with Gasteiger partial charge in [-0.15, -0.1) is 0 Å². The van der Waals surface area contributed by atoms with Crippen molar-refractivity contribution < 1.29 is 22.3 Å². The Hall–Kier alpha value is -2.26. The summed E-state index contributed by atoms with van der Waals surface area (Å²) in [4.78, 5) is 12.5. The molecule has 1 aromatic heterocycles. The van der Waals surface area contributed by atoms with Gasteiger partial charge in [0.25, 0.3) is 5.91 Å². The van der Waals surface area contributed by atoms with Crippen LogP contribution in [0.1, 0.15) is 29.0 Å². The summed E-state index contributed by atoms with van der Waals surface area (Å²) in [5.41, 5.74) is 0.548. The molecule has 1 fully saturated rings. The lowest BCUT2D eigenvalue weighted by Crippen LogP contribution is -2.29. The average molecular weight is 381 g/mol. The summed E-state index contributed by atoms with van der Waals surface area (Å²) in [6.45, 7) is 3.75. The van der Waals surface area contributed by atoms with Crippen molar-refractivity contribution in [1.29, 1.82) is 0 Å². The monoisotopic (exact) mass is 381 g/mol. The Morgan fingerprint density at radius 1 is 1.19 bits per heavy atom. The van der Waals surface area contributed by atoms with Crippen LogP contribution in [0, 0.1) is 19.7 Å². The van der Waals surface area contributed by atoms with Crippen LogP contribution >= 0.6 is 0 Å². The van der Waals surface area contributed by atoms with Gasteiger partial charge in [-0.05, 0) is 51.0 Å². The van der Waals surface area contributed by atoms with Crippen molar-refractivity contribution in [2.24, 2.45) is 0 Å². The lowest BCUT2D eigenvalue weighted by Gasteiger charge is -2.15. The maximum absolute atomic E-state index is 12.9. The zero-order chi connectivity index (χ0) is 18.9. The maximum Gasteiger partial charge on any atom is 0.285 e. The molecule has 0 atom stereocenters. The Kier molecular flexibility index (Phi) is 5.10. The highest BCUT2D eigenvalue weighted by Gasteiger charge is 2.33. The molecule has 1 saturated heterocycles. The van der Waals surface area contributed by atoms with Crippen LogP contribution in [-0.4, -0.2) is 48.1 Å². The number of ether oxygens (including phenoxy) is 1. The summed E-state index contributed by atoms with van der Waals surface area (Å²) in [7, 11) is -3.67. The summed E-state index contributed by atoms with van der Waals surface area (Å²) in [5, 5.41) is 4.10. The molecule has 26 heavy (non-hydrogen) atoms. The molecule has 2 aromatic rings. The van der Waals surface area contributed by atoms with E-state index in [-0.39, 0.29) is 22.9 Å². The van der Waals surface area contributed by atoms with Crippen molar-refractivity contribution in [3.63, 3.8) is 0 Å². The minimum absolute atomic E-state index is 0.0783. The molecule has 9 heteroatoms. The van der Waals surface area contributed by atoms with Gasteiger partial charge < -0.3 is 4.74 Å². The first-order valence-corrected chi connectivity index (χ1v) is 9.72. The van der Waals surface area contributed by atoms with E-state index < -0.39 is 21.7 Å². The Morgan fingerprint density at radius 3 is 2.42 bits per heavy atom. The van der Waals surface area contributed by atoms with E-state index in [1.165, 1.54) is 28.6 Å². The van der Waals surface area contributed by atoms with Crippen LogP contribution in [0.4, 0.5) is 4.39 Å². The Morgan fingerprint density at radius 2 is 1.81 bits per heavy atom. The number of halogens is 1. The van der Waals surface area contributed by atoms with Gasteiger partial charge in [0.15, 0.2) is 6.61 Å². The fourth-order valence-corrected chi connectivity index (χ4v) is 4.91. The highest BCUT2D eigenvalue weighted by Crippen LogP contribution is 2.26. The first kappa shape index (κ1) is 18.5. The lowest BCUT2D eigenvalue weighted by atomic mass is 10.3. The van der Waals surface area contributed by atoms with Crippen LogP contribution in [0.25, 0.3) is 0 Å². The Bertz CT molecular complexity index is 916. The third-order valence-corrected chi connectivity index (χ3v) is 6.45. The minimum atomic E-state index is -3.67. The van der Waals surface area contributed by atoms with Crippen molar-refractivity contribution in [2.45, 2.75) is 31.6 Å². The molecule has 0 saturated carbocycles. The van der Waals surface area contributed by atoms with Crippen LogP contribution in [0.15, 0.2) is 29.2 Å². The van der Waals surface area contributed by atoms with Gasteiger partial charge in [0.1, 0.15) is 16.5 Å². The largest absolute Gasteiger partial charge is 0.484 e. The van der Waals surface area contributed by atoms with Gasteiger partial charge in [-0.25, -0.2) is 17.5 Å². The predicted octanol–water partition coefficient (Wildman–Crippen LogP) is 2.14. The average Bonchev–Trinajstić information content (AvgIpc) is 3.23. The van der Waals surface area contributed by atoms with E-state index in [1.54, 1.807) is 13.8 Å². The number of aromatic nitrogens is 2. The summed E-state index contributed by atoms with van der Waals surface area (Å²) in [6.07, 6.45) is 1.66. The number of hydrogen-bond donors (Lipinski definition) is 0. The summed E-state index contributed by atoms with van der Waals surface area (Å²) >= 11 is 0. The Labute approximate surface area is 151 Å². The minimum Gasteiger partial charge on any atom is -0.484 e. The van der Waals surface area contributed by atoms with Crippen LogP contribution in [0.3, 0.4) is 0 Å². The number of nitrogens with zero attached hydrogens (tertiary/aromatic N) is 3. The van der Waals surface area contributed by atoms with Crippen LogP contribution in [0.2, 0.25) is 0 Å². The molecule has 0 spiro atoms. The first-order chi connectivity index (χ1) is 12.3. The molecule has 0 bridgehead atoms. The number of aryl methyl sites for hydroxylation is 1. The molecule has 1 aliphatic heterocycles. The van der Waals surface area contributed by atoms with E-state index in [0.717, 1.165) is 17.5 Å². The lowest BCUT2D eigenvalue weighted by molar-refractivity contribution is 0.0818. The van der Waals surface area contributed by atoms with Crippen molar-refractivity contribution in [1.82, 2.24) is 14.1 Å². The second-order valence-electron chi connectivity index (χ2n) is 6.16. The molecule has 3 rings (SSSR count). The van der Waals surface area contributed by atoms with Gasteiger partial charge in [0.2, 0.25) is 10.0 Å². The van der Waals surface area contributed by atoms with Gasteiger partial charge in [-0.2, -0.15) is 9.40 Å². The fraction of sp³-hybridized carbons (Fsp3) is 0.412. The van der Waals surface area contributed by atoms with Crippen LogP contribution in [0.5, 0.6) is 5.75 Å². The van der Waals surface area contributed by atoms with E-state index in [1.807, 2.05) is 0 Å². The standard InChI is InChI=1S/C17H20FN3O4S/c1-12-17(26(23,24)20-9-3-4-10-20)13(2)21(19-12)16(22)11-25-15-7-5-14(18)6-8-15/h5-8H,3-4,9-11H2,1-2H3. The normalized spacial score (nSPS) is 15.3. The van der Waals surface area contributed by atoms with E-state index in [4.69, 9.17) is 4.74 Å². The molecule has 0 N–H and O–H groups in total. The molecule has 7 nitrogen and oxygen atoms in total. The molecular formula is C17H20FN3O4S. The quantitative estimate of drug-likeness (QED) is 0.793. The van der Waals surface area contributed by atoms with E-state index in [2.05, 4.69) is 5.10 Å². The smallest absolute Gasteiger partial charge is 0.285 e. The molecule has 2 heterocycles. The van der Waals surface area contributed by atoms with E-state index in [9.17, 15) is 17.6 Å². The molecule has 0 unspecified atom stereocenters. The fourth-order valence-electron chi connectivity index (χ4n) is 3.04. The molecule has 1 aliphatic rings. The third kappa shape index (κ3) is 3.49. The topological polar surface area (TPSA) is 81.5 Å². The molecule has 0 radical (unpaired) electrons. The number of rotatable bonds is 5. The van der Waals surface area contributed by atoms with Crippen molar-refractivity contribution in [3.05, 3.63) is 41.5 Å². The van der Waals surface area contributed by atoms with Gasteiger partial charge in [-0.3, -0.25) is 4.79 Å². The van der Waals surface area contributed by atoms with Gasteiger partial charge in [-0.1, -0.05) is 0 Å². The molecule has 0 aliphatic carbocycles. The summed E-state index contributed by atoms with van der Waals surface area (Å²) < 4.78 is 46.3. The van der Waals surface area contributed by atoms with Crippen LogP contribution < -0.4 is 4.74 Å². The van der Waals surface area contributed by atoms with Gasteiger partial charge in [0.05, 0.1) is 11.4 Å². The number of carbonyl (C=O) groups is 1. The highest BCUT2D eigenvalue weighted by atomic mass is 32.2. The van der Waals surface area contributed by atoms with Gasteiger partial charge in [0, 0.05) is 13.1 Å². The van der Waals surface area contributed by atoms with E-state index in [0.29, 0.717) is 18.8 Å². The first-order valence-electron chi connectivity index (χ1n) is 8.28. The zero-order valence-electron chi connectivity index (χ0n) is 14.6. The van der Waals surface area contributed by atoms with Crippen molar-refractivity contribution >= 4 is 15.9 Å². The number of sulfonamides is 1. The highest BCUT2D eigenvalue weighted by molar-refractivity contribution is 7.89. The maximum atomic E-state index is 12.9. The summed E-state index contributed by atoms with van der Waals surface area (Å²) in [6, 6.07) is 5.27. The van der Waals surface area contributed by atoms with Crippen molar-refractivity contribution in [3.8, 4) is 5.75 Å². The zero-order valence-corrected chi connectivity index (χ0v) is 15.4. The Balaban J connectivity index is 1.80. The van der Waals surface area contributed by atoms with Gasteiger partial charge >= 0.3 is 0 Å². The number of carbonyl (C=O) groups excluding carboxylic acids is 1. The predicted molar refractivity (Wildman–Crippen MR) is 92.2 cm³/mol. The van der Waals surface area contributed by atoms with Crippen LogP contribution in [-0.2, 0) is 10.0 Å². The molecule has 0 amide bonds. The molecule has 1 aromatic carbocycles. The molecule has 140 valence electrons. The van der Waals surface area contributed by atoms with Crippen molar-refractivity contribution in [2.75, 3.05) is 19.7 Å².